The third-order valence-electron chi connectivity index (χ3n) is 9.29. The molecule has 0 heterocycles. The number of halogens is 8. The molecule has 2 aliphatic rings. The Hall–Kier alpha value is -0.480. The van der Waals surface area contributed by atoms with Gasteiger partial charge in [-0.1, -0.05) is 154 Å². The Morgan fingerprint density at radius 1 is 0.660 bits per heavy atom. The van der Waals surface area contributed by atoms with Gasteiger partial charge < -0.3 is 18.9 Å². The van der Waals surface area contributed by atoms with Gasteiger partial charge in [-0.3, -0.25) is 0 Å². The first-order valence-electron chi connectivity index (χ1n) is 16.0. The third-order valence-corrected chi connectivity index (χ3v) is 15.3. The molecule has 0 amide bonds. The highest BCUT2D eigenvalue weighted by atomic mass is 127. The van der Waals surface area contributed by atoms with E-state index in [0.717, 1.165) is 76.3 Å². The summed E-state index contributed by atoms with van der Waals surface area (Å²) in [5.74, 6) is -6.30. The quantitative estimate of drug-likeness (QED) is 0.0517. The molecule has 8 nitrogen and oxygen atoms in total. The summed E-state index contributed by atoms with van der Waals surface area (Å²) in [6.07, 6.45) is 9.23. The van der Waals surface area contributed by atoms with Crippen molar-refractivity contribution in [2.24, 2.45) is 10.8 Å². The first-order valence-corrected chi connectivity index (χ1v) is 20.8. The molecule has 274 valence electrons. The number of alkyl halides is 2. The fourth-order valence-corrected chi connectivity index (χ4v) is 10.7. The van der Waals surface area contributed by atoms with Crippen molar-refractivity contribution in [3.8, 4) is 11.5 Å². The van der Waals surface area contributed by atoms with Crippen LogP contribution in [-0.2, 0) is 19.1 Å². The highest BCUT2D eigenvalue weighted by Crippen LogP contribution is 2.49. The number of hydrogen-bond donors (Lipinski definition) is 0. The van der Waals surface area contributed by atoms with E-state index in [4.69, 9.17) is 88.6 Å². The molecular weight excluding hydrogens is 1000 g/mol. The average molecular weight is 1040 g/mol. The lowest BCUT2D eigenvalue weighted by Gasteiger charge is -2.32. The second-order valence-corrected chi connectivity index (χ2v) is 18.0. The van der Waals surface area contributed by atoms with Crippen molar-refractivity contribution in [2.45, 2.75) is 85.9 Å². The standard InChI is InChI=1S/C34H34Cl6I2O8/c1-3-9-33(11-5-7-21(33)41)15-47-29(43)23-25(39)17(35)13-19(37)27(23)49-31(45)32(46)50-28-20(38)14-18(36)26(40)24(28)30(44)48-16-34(10-4-2)12-6-8-22(34)42/h13-14,21-22H,3-12,15-16H2,1-2H3. The van der Waals surface area contributed by atoms with Gasteiger partial charge in [-0.05, 0) is 50.7 Å². The summed E-state index contributed by atoms with van der Waals surface area (Å²) in [5.41, 5.74) is -1.36. The number of carbonyl (C=O) groups excluding carboxylic acids is 4. The maximum absolute atomic E-state index is 13.5. The summed E-state index contributed by atoms with van der Waals surface area (Å²) in [4.78, 5) is 53.3. The van der Waals surface area contributed by atoms with Crippen molar-refractivity contribution in [3.05, 3.63) is 53.4 Å². The fourth-order valence-electron chi connectivity index (χ4n) is 6.77. The molecule has 0 aliphatic heterocycles. The van der Waals surface area contributed by atoms with Crippen molar-refractivity contribution in [1.29, 1.82) is 0 Å². The van der Waals surface area contributed by atoms with Crippen molar-refractivity contribution in [1.82, 2.24) is 0 Å². The van der Waals surface area contributed by atoms with Gasteiger partial charge in [0.25, 0.3) is 0 Å². The van der Waals surface area contributed by atoms with Crippen LogP contribution in [0, 0.1) is 10.8 Å². The second-order valence-electron chi connectivity index (χ2n) is 12.6. The summed E-state index contributed by atoms with van der Waals surface area (Å²) in [6.45, 7) is 4.31. The van der Waals surface area contributed by atoms with Crippen molar-refractivity contribution < 1.29 is 38.1 Å². The largest absolute Gasteiger partial charge is 0.461 e. The monoisotopic (exact) mass is 1030 g/mol. The normalized spacial score (nSPS) is 23.1. The van der Waals surface area contributed by atoms with Crippen molar-refractivity contribution in [3.63, 3.8) is 0 Å². The lowest BCUT2D eigenvalue weighted by Crippen LogP contribution is -2.33. The maximum Gasteiger partial charge on any atom is 0.423 e. The zero-order valence-corrected chi connectivity index (χ0v) is 35.9. The summed E-state index contributed by atoms with van der Waals surface area (Å²) in [5, 5.41) is -1.43. The third kappa shape index (κ3) is 9.24. The van der Waals surface area contributed by atoms with E-state index in [1.165, 1.54) is 0 Å². The first kappa shape index (κ1) is 42.3. The van der Waals surface area contributed by atoms with Crippen molar-refractivity contribution >= 4 is 139 Å². The van der Waals surface area contributed by atoms with Crippen LogP contribution in [0.4, 0.5) is 0 Å². The van der Waals surface area contributed by atoms with Crippen LogP contribution in [0.1, 0.15) is 98.8 Å². The lowest BCUT2D eigenvalue weighted by atomic mass is 9.82. The highest BCUT2D eigenvalue weighted by Gasteiger charge is 2.44. The molecule has 0 N–H and O–H groups in total. The minimum atomic E-state index is -1.63. The number of esters is 4. The zero-order valence-electron chi connectivity index (χ0n) is 27.1. The Labute approximate surface area is 348 Å². The molecule has 4 unspecified atom stereocenters. The summed E-state index contributed by atoms with van der Waals surface area (Å²) in [6, 6.07) is 2.29. The molecule has 50 heavy (non-hydrogen) atoms. The summed E-state index contributed by atoms with van der Waals surface area (Å²) < 4.78 is 22.6. The topological polar surface area (TPSA) is 105 Å². The number of rotatable bonds is 12. The Kier molecular flexibility index (Phi) is 15.4. The minimum absolute atomic E-state index is 0.0932. The molecule has 2 fully saturated rings. The van der Waals surface area contributed by atoms with Crippen LogP contribution in [0.15, 0.2) is 12.1 Å². The number of carbonyl (C=O) groups is 4. The molecule has 16 heteroatoms. The molecule has 2 saturated carbocycles. The van der Waals surface area contributed by atoms with Gasteiger partial charge in [0.1, 0.15) is 11.1 Å². The van der Waals surface area contributed by atoms with Gasteiger partial charge in [-0.2, -0.15) is 0 Å². The fraction of sp³-hybridized carbons (Fsp3) is 0.529. The predicted molar refractivity (Wildman–Crippen MR) is 213 cm³/mol. The molecule has 2 aromatic carbocycles. The van der Waals surface area contributed by atoms with E-state index in [1.807, 2.05) is 0 Å². The summed E-state index contributed by atoms with van der Waals surface area (Å²) >= 11 is 42.7. The average Bonchev–Trinajstić information content (AvgIpc) is 3.61. The Balaban J connectivity index is 1.57. The maximum atomic E-state index is 13.5. The molecule has 0 spiro atoms. The molecule has 4 rings (SSSR count). The predicted octanol–water partition coefficient (Wildman–Crippen LogP) is 12.0. The SMILES string of the molecule is CCCC1(COC(=O)c2c(Cl)c(Cl)cc(Cl)c2OC(=O)C(=O)Oc2c(Cl)cc(Cl)c(Cl)c2C(=O)OCC2(CCC)CCCC2I)CCCC1I. The van der Waals surface area contributed by atoms with Crippen LogP contribution >= 0.6 is 115 Å². The zero-order chi connectivity index (χ0) is 37.0. The first-order chi connectivity index (χ1) is 23.6. The number of ether oxygens (including phenoxy) is 4. The van der Waals surface area contributed by atoms with Crippen LogP contribution in [-0.4, -0.2) is 44.9 Å². The van der Waals surface area contributed by atoms with Gasteiger partial charge >= 0.3 is 23.9 Å². The van der Waals surface area contributed by atoms with E-state index in [2.05, 4.69) is 59.0 Å². The lowest BCUT2D eigenvalue weighted by molar-refractivity contribution is -0.156. The number of benzene rings is 2. The van der Waals surface area contributed by atoms with E-state index in [9.17, 15) is 19.2 Å². The molecular formula is C34H34Cl6I2O8. The Morgan fingerprint density at radius 2 is 1.02 bits per heavy atom. The molecule has 0 aromatic heterocycles. The van der Waals surface area contributed by atoms with Crippen LogP contribution in [0.2, 0.25) is 30.1 Å². The van der Waals surface area contributed by atoms with E-state index in [0.29, 0.717) is 0 Å². The van der Waals surface area contributed by atoms with Crippen molar-refractivity contribution in [2.75, 3.05) is 13.2 Å². The molecule has 2 aliphatic carbocycles. The van der Waals surface area contributed by atoms with Crippen LogP contribution in [0.3, 0.4) is 0 Å². The molecule has 0 saturated heterocycles. The molecule has 4 atom stereocenters. The van der Waals surface area contributed by atoms with Gasteiger partial charge in [-0.15, -0.1) is 0 Å². The van der Waals surface area contributed by atoms with E-state index in [1.54, 1.807) is 0 Å². The van der Waals surface area contributed by atoms with Gasteiger partial charge in [0.15, 0.2) is 11.5 Å². The second kappa shape index (κ2) is 18.2. The van der Waals surface area contributed by atoms with E-state index < -0.39 is 46.5 Å². The summed E-state index contributed by atoms with van der Waals surface area (Å²) in [7, 11) is 0. The van der Waals surface area contributed by atoms with Gasteiger partial charge in [0.2, 0.25) is 0 Å². The number of hydrogen-bond acceptors (Lipinski definition) is 8. The minimum Gasteiger partial charge on any atom is -0.461 e. The van der Waals surface area contributed by atoms with Gasteiger partial charge in [0.05, 0.1) is 43.3 Å². The Morgan fingerprint density at radius 3 is 1.32 bits per heavy atom. The molecule has 2 aromatic rings. The Bertz CT molecular complexity index is 1540. The van der Waals surface area contributed by atoms with Crippen LogP contribution in [0.5, 0.6) is 11.5 Å². The van der Waals surface area contributed by atoms with Gasteiger partial charge in [-0.25, -0.2) is 19.2 Å². The van der Waals surface area contributed by atoms with Gasteiger partial charge in [0, 0.05) is 18.7 Å². The van der Waals surface area contributed by atoms with Crippen LogP contribution < -0.4 is 9.47 Å². The van der Waals surface area contributed by atoms with Crippen LogP contribution in [0.25, 0.3) is 0 Å². The molecule has 0 radical (unpaired) electrons. The van der Waals surface area contributed by atoms with E-state index >= 15 is 0 Å². The molecule has 0 bridgehead atoms. The van der Waals surface area contributed by atoms with E-state index in [-0.39, 0.29) is 62.0 Å². The smallest absolute Gasteiger partial charge is 0.423 e. The highest BCUT2D eigenvalue weighted by molar-refractivity contribution is 14.1.